The third-order valence-corrected chi connectivity index (χ3v) is 4.83. The van der Waals surface area contributed by atoms with Gasteiger partial charge in [0, 0.05) is 38.0 Å². The molecule has 0 aliphatic carbocycles. The number of anilines is 1. The molecule has 130 valence electrons. The molecule has 0 bridgehead atoms. The van der Waals surface area contributed by atoms with Crippen molar-refractivity contribution < 1.29 is 9.32 Å². The van der Waals surface area contributed by atoms with Crippen LogP contribution in [-0.2, 0) is 11.3 Å². The average Bonchev–Trinajstić information content (AvgIpc) is 3.10. The van der Waals surface area contributed by atoms with Crippen LogP contribution in [0, 0.1) is 6.92 Å². The topological polar surface area (TPSA) is 76.2 Å². The molecule has 0 aromatic carbocycles. The molecule has 0 radical (unpaired) electrons. The lowest BCUT2D eigenvalue weighted by atomic mass is 9.96. The van der Waals surface area contributed by atoms with Gasteiger partial charge in [-0.05, 0) is 20.3 Å². The predicted octanol–water partition coefficient (Wildman–Crippen LogP) is 2.71. The van der Waals surface area contributed by atoms with Crippen molar-refractivity contribution in [2.45, 2.75) is 52.6 Å². The van der Waals surface area contributed by atoms with E-state index in [1.807, 2.05) is 21.8 Å². The molecule has 3 heterocycles. The van der Waals surface area contributed by atoms with Crippen LogP contribution in [0.15, 0.2) is 16.8 Å². The lowest BCUT2D eigenvalue weighted by molar-refractivity contribution is -0.133. The van der Waals surface area contributed by atoms with Gasteiger partial charge in [0.25, 0.3) is 0 Å². The minimum atomic E-state index is 0.116. The van der Waals surface area contributed by atoms with Crippen molar-refractivity contribution in [2.75, 3.05) is 18.4 Å². The lowest BCUT2D eigenvalue weighted by Crippen LogP contribution is -2.47. The summed E-state index contributed by atoms with van der Waals surface area (Å²) in [6.45, 7) is 10.0. The van der Waals surface area contributed by atoms with Gasteiger partial charge in [0.1, 0.15) is 0 Å². The summed E-state index contributed by atoms with van der Waals surface area (Å²) in [6, 6.07) is 2.36. The van der Waals surface area contributed by atoms with E-state index in [0.717, 1.165) is 42.3 Å². The van der Waals surface area contributed by atoms with Crippen LogP contribution < -0.4 is 5.32 Å². The Morgan fingerprint density at radius 2 is 2.25 bits per heavy atom. The summed E-state index contributed by atoms with van der Waals surface area (Å²) in [5.41, 5.74) is 3.07. The Kier molecular flexibility index (Phi) is 4.59. The highest BCUT2D eigenvalue weighted by Crippen LogP contribution is 2.27. The fourth-order valence-electron chi connectivity index (χ4n) is 2.92. The van der Waals surface area contributed by atoms with Crippen molar-refractivity contribution in [1.82, 2.24) is 19.8 Å². The van der Waals surface area contributed by atoms with Gasteiger partial charge in [-0.1, -0.05) is 12.1 Å². The van der Waals surface area contributed by atoms with Gasteiger partial charge in [0.2, 0.25) is 5.91 Å². The van der Waals surface area contributed by atoms with E-state index in [0.29, 0.717) is 18.5 Å². The van der Waals surface area contributed by atoms with Crippen molar-refractivity contribution in [3.63, 3.8) is 0 Å². The van der Waals surface area contributed by atoms with E-state index in [1.165, 1.54) is 0 Å². The molecule has 1 aliphatic heterocycles. The van der Waals surface area contributed by atoms with Crippen molar-refractivity contribution in [3.8, 4) is 0 Å². The normalized spacial score (nSPS) is 16.1. The largest absolute Gasteiger partial charge is 0.375 e. The molecule has 1 unspecified atom stereocenters. The molecular formula is C17H25N5O2. The van der Waals surface area contributed by atoms with Crippen LogP contribution in [0.25, 0.3) is 0 Å². The zero-order chi connectivity index (χ0) is 17.3. The Bertz CT molecular complexity index is 714. The maximum atomic E-state index is 11.2. The Morgan fingerprint density at radius 3 is 2.92 bits per heavy atom. The molecule has 1 N–H and O–H groups in total. The Morgan fingerprint density at radius 1 is 1.50 bits per heavy atom. The number of nitrogens with zero attached hydrogens (tertiary/aromatic N) is 4. The molecule has 1 amide bonds. The molecule has 1 atom stereocenters. The second-order valence-electron chi connectivity index (χ2n) is 6.54. The molecule has 1 saturated heterocycles. The van der Waals surface area contributed by atoms with Crippen LogP contribution in [0.4, 0.5) is 5.69 Å². The summed E-state index contributed by atoms with van der Waals surface area (Å²) >= 11 is 0. The van der Waals surface area contributed by atoms with Gasteiger partial charge in [-0.2, -0.15) is 5.10 Å². The monoisotopic (exact) mass is 331 g/mol. The predicted molar refractivity (Wildman–Crippen MR) is 90.8 cm³/mol. The molecule has 0 spiro atoms. The number of carbonyl (C=O) groups is 1. The number of nitrogens with one attached hydrogen (secondary N) is 1. The lowest BCUT2D eigenvalue weighted by Gasteiger charge is -2.37. The molecule has 24 heavy (non-hydrogen) atoms. The Labute approximate surface area is 142 Å². The van der Waals surface area contributed by atoms with Gasteiger partial charge in [-0.3, -0.25) is 9.48 Å². The van der Waals surface area contributed by atoms with Gasteiger partial charge in [0.05, 0.1) is 29.8 Å². The molecule has 7 heteroatoms. The van der Waals surface area contributed by atoms with Gasteiger partial charge < -0.3 is 14.7 Å². The van der Waals surface area contributed by atoms with Crippen molar-refractivity contribution in [2.24, 2.45) is 0 Å². The Balaban J connectivity index is 1.57. The van der Waals surface area contributed by atoms with Gasteiger partial charge in [-0.25, -0.2) is 0 Å². The maximum absolute atomic E-state index is 11.2. The third kappa shape index (κ3) is 3.16. The average molecular weight is 331 g/mol. The molecule has 7 nitrogen and oxygen atoms in total. The number of carbonyl (C=O) groups excluding carboxylic acids is 1. The van der Waals surface area contributed by atoms with Crippen LogP contribution in [-0.4, -0.2) is 38.8 Å². The molecule has 3 rings (SSSR count). The van der Waals surface area contributed by atoms with Gasteiger partial charge in [-0.15, -0.1) is 0 Å². The number of amides is 1. The van der Waals surface area contributed by atoms with Crippen LogP contribution in [0.3, 0.4) is 0 Å². The molecule has 1 fully saturated rings. The summed E-state index contributed by atoms with van der Waals surface area (Å²) < 4.78 is 7.45. The number of hydrogen-bond acceptors (Lipinski definition) is 5. The van der Waals surface area contributed by atoms with Crippen molar-refractivity contribution in [1.29, 1.82) is 0 Å². The highest BCUT2D eigenvalue weighted by atomic mass is 16.5. The van der Waals surface area contributed by atoms with Gasteiger partial charge >= 0.3 is 0 Å². The van der Waals surface area contributed by atoms with E-state index >= 15 is 0 Å². The van der Waals surface area contributed by atoms with E-state index in [2.05, 4.69) is 36.3 Å². The summed E-state index contributed by atoms with van der Waals surface area (Å²) in [6.07, 6.45) is 2.90. The number of hydrogen-bond donors (Lipinski definition) is 1. The summed E-state index contributed by atoms with van der Waals surface area (Å²) in [4.78, 5) is 13.0. The zero-order valence-corrected chi connectivity index (χ0v) is 14.7. The standard InChI is InChI=1S/C17H25N5O2/c1-5-11(2)22-12(3)17(8-19-22)18-7-15-6-16(20-24-15)14-9-21(10-14)13(4)23/h6,8,11,14,18H,5,7,9-10H2,1-4H3. The zero-order valence-electron chi connectivity index (χ0n) is 14.7. The molecule has 0 saturated carbocycles. The van der Waals surface area contributed by atoms with Crippen LogP contribution in [0.5, 0.6) is 0 Å². The van der Waals surface area contributed by atoms with E-state index < -0.39 is 0 Å². The second kappa shape index (κ2) is 6.67. The quantitative estimate of drug-likeness (QED) is 0.881. The third-order valence-electron chi connectivity index (χ3n) is 4.83. The van der Waals surface area contributed by atoms with Crippen LogP contribution >= 0.6 is 0 Å². The minimum absolute atomic E-state index is 0.116. The Hall–Kier alpha value is -2.31. The highest BCUT2D eigenvalue weighted by Gasteiger charge is 2.32. The molecular weight excluding hydrogens is 306 g/mol. The van der Waals surface area contributed by atoms with Crippen molar-refractivity contribution in [3.05, 3.63) is 29.4 Å². The summed E-state index contributed by atoms with van der Waals surface area (Å²) in [7, 11) is 0. The fraction of sp³-hybridized carbons (Fsp3) is 0.588. The van der Waals surface area contributed by atoms with Crippen LogP contribution in [0.2, 0.25) is 0 Å². The minimum Gasteiger partial charge on any atom is -0.375 e. The molecule has 2 aromatic heterocycles. The summed E-state index contributed by atoms with van der Waals surface area (Å²) in [5.74, 6) is 1.20. The first-order valence-electron chi connectivity index (χ1n) is 8.48. The SMILES string of the molecule is CCC(C)n1ncc(NCc2cc(C3CN(C(C)=O)C3)no2)c1C. The number of rotatable bonds is 6. The second-order valence-corrected chi connectivity index (χ2v) is 6.54. The molecule has 1 aliphatic rings. The fourth-order valence-corrected chi connectivity index (χ4v) is 2.92. The smallest absolute Gasteiger partial charge is 0.219 e. The van der Waals surface area contributed by atoms with Crippen LogP contribution in [0.1, 0.15) is 56.3 Å². The molecule has 2 aromatic rings. The highest BCUT2D eigenvalue weighted by molar-refractivity contribution is 5.74. The first-order chi connectivity index (χ1) is 11.5. The van der Waals surface area contributed by atoms with Crippen molar-refractivity contribution >= 4 is 11.6 Å². The number of aromatic nitrogens is 3. The first kappa shape index (κ1) is 16.5. The van der Waals surface area contributed by atoms with Gasteiger partial charge in [0.15, 0.2) is 5.76 Å². The van der Waals surface area contributed by atoms with E-state index in [4.69, 9.17) is 4.52 Å². The van der Waals surface area contributed by atoms with E-state index in [9.17, 15) is 4.79 Å². The van der Waals surface area contributed by atoms with E-state index in [1.54, 1.807) is 6.92 Å². The van der Waals surface area contributed by atoms with E-state index in [-0.39, 0.29) is 5.91 Å². The first-order valence-corrected chi connectivity index (χ1v) is 8.48. The number of likely N-dealkylation sites (tertiary alicyclic amines) is 1. The summed E-state index contributed by atoms with van der Waals surface area (Å²) in [5, 5.41) is 12.0. The maximum Gasteiger partial charge on any atom is 0.219 e.